The predicted octanol–water partition coefficient (Wildman–Crippen LogP) is 0.410. The number of hydrogen-bond donors (Lipinski definition) is 2. The Balaban J connectivity index is 3.02. The highest BCUT2D eigenvalue weighted by atomic mass is 32.2. The van der Waals surface area contributed by atoms with Crippen molar-refractivity contribution in [2.75, 3.05) is 0 Å². The number of rotatable bonds is 2. The third kappa shape index (κ3) is 2.71. The van der Waals surface area contributed by atoms with E-state index in [0.717, 1.165) is 0 Å². The number of aromatic nitrogens is 1. The predicted molar refractivity (Wildman–Crippen MR) is 48.9 cm³/mol. The lowest BCUT2D eigenvalue weighted by atomic mass is 10.5. The van der Waals surface area contributed by atoms with Crippen LogP contribution in [0.25, 0.3) is 0 Å². The van der Waals surface area contributed by atoms with Gasteiger partial charge in [-0.3, -0.25) is 4.79 Å². The summed E-state index contributed by atoms with van der Waals surface area (Å²) in [6, 6.07) is 4.35. The number of nitrogens with zero attached hydrogens (tertiary/aromatic N) is 1. The van der Waals surface area contributed by atoms with Crippen molar-refractivity contribution in [3.8, 4) is 0 Å². The van der Waals surface area contributed by atoms with Gasteiger partial charge in [0.1, 0.15) is 0 Å². The van der Waals surface area contributed by atoms with Crippen LogP contribution in [0.15, 0.2) is 29.4 Å². The van der Waals surface area contributed by atoms with Crippen LogP contribution in [0.5, 0.6) is 0 Å². The molecule has 0 bridgehead atoms. The van der Waals surface area contributed by atoms with Gasteiger partial charge in [-0.15, -0.1) is 0 Å². The van der Waals surface area contributed by atoms with Crippen molar-refractivity contribution < 1.29 is 13.2 Å². The number of pyridine rings is 1. The summed E-state index contributed by atoms with van der Waals surface area (Å²) in [5, 5.41) is -1.15. The molecule has 1 heterocycles. The Morgan fingerprint density at radius 3 is 2.62 bits per heavy atom. The van der Waals surface area contributed by atoms with Gasteiger partial charge >= 0.3 is 0 Å². The molecule has 0 aliphatic heterocycles. The molecular weight excluding hydrogens is 212 g/mol. The maximum absolute atomic E-state index is 11.2. The monoisotopic (exact) mass is 218 g/mol. The molecule has 0 saturated carbocycles. The number of carbonyl (C=O) groups excluding carboxylic acids is 1. The smallest absolute Gasteiger partial charge is 0.261 e. The summed E-state index contributed by atoms with van der Waals surface area (Å²) in [5.41, 5.74) is 0. The van der Waals surface area contributed by atoms with Gasteiger partial charge in [0, 0.05) is 6.20 Å². The Hall–Kier alpha value is -1.08. The van der Waals surface area contributed by atoms with Gasteiger partial charge in [-0.1, -0.05) is 18.7 Å². The van der Waals surface area contributed by atoms with E-state index in [1.165, 1.54) is 18.3 Å². The zero-order valence-electron chi connectivity index (χ0n) is 6.34. The van der Waals surface area contributed by atoms with Crippen molar-refractivity contribution in [1.82, 2.24) is 9.71 Å². The molecule has 0 spiro atoms. The molecule has 1 amide bonds. The van der Waals surface area contributed by atoms with Crippen LogP contribution in [0, 0.1) is 0 Å². The molecule has 1 aromatic rings. The van der Waals surface area contributed by atoms with Gasteiger partial charge in [0.05, 0.1) is 0 Å². The van der Waals surface area contributed by atoms with E-state index in [4.69, 9.17) is 0 Å². The zero-order chi connectivity index (χ0) is 9.90. The first-order chi connectivity index (χ1) is 6.02. The van der Waals surface area contributed by atoms with E-state index in [2.05, 4.69) is 17.6 Å². The highest BCUT2D eigenvalue weighted by Crippen LogP contribution is 2.03. The second-order valence-electron chi connectivity index (χ2n) is 2.08. The van der Waals surface area contributed by atoms with Gasteiger partial charge in [0.25, 0.3) is 15.3 Å². The van der Waals surface area contributed by atoms with Crippen molar-refractivity contribution >= 4 is 27.9 Å². The van der Waals surface area contributed by atoms with E-state index >= 15 is 0 Å². The first-order valence-corrected chi connectivity index (χ1v) is 5.12. The number of nitrogens with one attached hydrogen (secondary N) is 1. The molecule has 0 radical (unpaired) electrons. The molecule has 0 fully saturated rings. The highest BCUT2D eigenvalue weighted by Gasteiger charge is 2.15. The maximum atomic E-state index is 11.2. The molecule has 5 nitrogen and oxygen atoms in total. The fourth-order valence-corrected chi connectivity index (χ4v) is 1.83. The largest absolute Gasteiger partial charge is 0.289 e. The Bertz CT molecular complexity index is 401. The number of thiol groups is 1. The number of hydrogen-bond acceptors (Lipinski definition) is 4. The minimum atomic E-state index is -3.85. The van der Waals surface area contributed by atoms with Crippen LogP contribution >= 0.6 is 12.6 Å². The standard InChI is InChI=1S/C6H6N2O3S2/c9-6(12)8-13(10,11)5-3-1-2-4-7-5/h1-4H,(H2,8,9,12). The minimum Gasteiger partial charge on any atom is -0.261 e. The fraction of sp³-hybridized carbons (Fsp3) is 0. The second-order valence-corrected chi connectivity index (χ2v) is 4.11. The number of carbonyl (C=O) groups is 1. The third-order valence-electron chi connectivity index (χ3n) is 1.13. The van der Waals surface area contributed by atoms with E-state index in [9.17, 15) is 13.2 Å². The van der Waals surface area contributed by atoms with Gasteiger partial charge in [0.2, 0.25) is 0 Å². The molecule has 1 rings (SSSR count). The van der Waals surface area contributed by atoms with Gasteiger partial charge in [-0.2, -0.15) is 8.42 Å². The number of sulfonamides is 1. The molecule has 0 aliphatic carbocycles. The maximum Gasteiger partial charge on any atom is 0.289 e. The van der Waals surface area contributed by atoms with E-state index in [1.807, 2.05) is 0 Å². The average Bonchev–Trinajstić information content (AvgIpc) is 2.04. The van der Waals surface area contributed by atoms with E-state index in [1.54, 1.807) is 10.8 Å². The average molecular weight is 218 g/mol. The van der Waals surface area contributed by atoms with Crippen LogP contribution in [-0.4, -0.2) is 18.6 Å². The molecule has 1 aromatic heterocycles. The molecular formula is C6H6N2O3S2. The fourth-order valence-electron chi connectivity index (χ4n) is 0.673. The quantitative estimate of drug-likeness (QED) is 0.705. The number of amides is 1. The SMILES string of the molecule is O=C(S)NS(=O)(=O)c1ccccn1. The summed E-state index contributed by atoms with van der Waals surface area (Å²) in [7, 11) is -3.85. The lowest BCUT2D eigenvalue weighted by Gasteiger charge is -2.01. The van der Waals surface area contributed by atoms with Crippen LogP contribution in [0.2, 0.25) is 0 Å². The molecule has 1 N–H and O–H groups in total. The van der Waals surface area contributed by atoms with Crippen molar-refractivity contribution in [3.05, 3.63) is 24.4 Å². The Kier molecular flexibility index (Phi) is 2.89. The van der Waals surface area contributed by atoms with E-state index in [0.29, 0.717) is 0 Å². The molecule has 0 saturated heterocycles. The normalized spacial score (nSPS) is 10.8. The van der Waals surface area contributed by atoms with Crippen LogP contribution in [0.3, 0.4) is 0 Å². The lowest BCUT2D eigenvalue weighted by Crippen LogP contribution is -2.26. The van der Waals surface area contributed by atoms with Crippen molar-refractivity contribution in [3.63, 3.8) is 0 Å². The summed E-state index contributed by atoms with van der Waals surface area (Å²) >= 11 is 3.28. The van der Waals surface area contributed by atoms with Crippen LogP contribution in [-0.2, 0) is 10.0 Å². The molecule has 0 unspecified atom stereocenters. The Labute approximate surface area is 80.6 Å². The van der Waals surface area contributed by atoms with Crippen LogP contribution in [0.4, 0.5) is 4.79 Å². The minimum absolute atomic E-state index is 0.211. The van der Waals surface area contributed by atoms with E-state index in [-0.39, 0.29) is 5.03 Å². The topological polar surface area (TPSA) is 76.1 Å². The molecule has 7 heteroatoms. The second kappa shape index (κ2) is 3.75. The molecule has 0 aliphatic rings. The third-order valence-corrected chi connectivity index (χ3v) is 2.64. The summed E-state index contributed by atoms with van der Waals surface area (Å²) in [6.07, 6.45) is 1.32. The lowest BCUT2D eigenvalue weighted by molar-refractivity contribution is 0.265. The van der Waals surface area contributed by atoms with Crippen molar-refractivity contribution in [2.45, 2.75) is 5.03 Å². The Morgan fingerprint density at radius 1 is 1.46 bits per heavy atom. The molecule has 0 aromatic carbocycles. The molecule has 0 atom stereocenters. The first-order valence-electron chi connectivity index (χ1n) is 3.19. The summed E-state index contributed by atoms with van der Waals surface area (Å²) in [4.78, 5) is 13.9. The summed E-state index contributed by atoms with van der Waals surface area (Å²) < 4.78 is 24.1. The van der Waals surface area contributed by atoms with Crippen molar-refractivity contribution in [1.29, 1.82) is 0 Å². The van der Waals surface area contributed by atoms with Crippen molar-refractivity contribution in [2.24, 2.45) is 0 Å². The molecule has 13 heavy (non-hydrogen) atoms. The summed E-state index contributed by atoms with van der Waals surface area (Å²) in [5.74, 6) is 0. The van der Waals surface area contributed by atoms with Gasteiger partial charge in [-0.05, 0) is 12.1 Å². The highest BCUT2D eigenvalue weighted by molar-refractivity contribution is 7.99. The summed E-state index contributed by atoms with van der Waals surface area (Å²) in [6.45, 7) is 0. The van der Waals surface area contributed by atoms with Gasteiger partial charge < -0.3 is 0 Å². The van der Waals surface area contributed by atoms with Gasteiger partial charge in [0.15, 0.2) is 5.03 Å². The zero-order valence-corrected chi connectivity index (χ0v) is 8.05. The van der Waals surface area contributed by atoms with Crippen LogP contribution in [0.1, 0.15) is 0 Å². The Morgan fingerprint density at radius 2 is 2.15 bits per heavy atom. The molecule has 70 valence electrons. The first kappa shape index (κ1) is 10.0. The van der Waals surface area contributed by atoms with Crippen LogP contribution < -0.4 is 4.72 Å². The van der Waals surface area contributed by atoms with Gasteiger partial charge in [-0.25, -0.2) is 9.71 Å². The van der Waals surface area contributed by atoms with E-state index < -0.39 is 15.3 Å².